The fraction of sp³-hybridized carbons (Fsp3) is 0.278. The van der Waals surface area contributed by atoms with Crippen LogP contribution in [0.2, 0.25) is 5.02 Å². The second-order valence-electron chi connectivity index (χ2n) is 5.02. The van der Waals surface area contributed by atoms with Crippen molar-refractivity contribution >= 4 is 49.7 Å². The molecule has 0 aliphatic rings. The number of nitrogens with zero attached hydrogens (tertiary/aromatic N) is 1. The van der Waals surface area contributed by atoms with Crippen LogP contribution in [0.1, 0.15) is 25.0 Å². The van der Waals surface area contributed by atoms with Gasteiger partial charge in [0.2, 0.25) is 5.89 Å². The Kier molecular flexibility index (Phi) is 7.19. The van der Waals surface area contributed by atoms with Crippen LogP contribution in [0, 0.1) is 6.92 Å². The summed E-state index contributed by atoms with van der Waals surface area (Å²) in [6.07, 6.45) is 1.48. The topological polar surface area (TPSA) is 52.3 Å². The van der Waals surface area contributed by atoms with E-state index in [1.807, 2.05) is 45.0 Å². The van der Waals surface area contributed by atoms with Crippen molar-refractivity contribution in [2.45, 2.75) is 27.4 Å². The van der Waals surface area contributed by atoms with Gasteiger partial charge < -0.3 is 4.42 Å². The minimum Gasteiger partial charge on any atom is -0.434 e. The molecule has 4 nitrogen and oxygen atoms in total. The molecule has 2 aromatic carbocycles. The molecular formula is C18H19BrClNO3S. The highest BCUT2D eigenvalue weighted by Gasteiger charge is 2.15. The largest absolute Gasteiger partial charge is 0.434 e. The molecule has 0 bridgehead atoms. The van der Waals surface area contributed by atoms with Crippen molar-refractivity contribution in [3.63, 3.8) is 0 Å². The van der Waals surface area contributed by atoms with Crippen molar-refractivity contribution in [2.24, 2.45) is 0 Å². The maximum atomic E-state index is 11.0. The van der Waals surface area contributed by atoms with Gasteiger partial charge in [0.1, 0.15) is 5.52 Å². The Morgan fingerprint density at radius 3 is 2.72 bits per heavy atom. The smallest absolute Gasteiger partial charge is 0.227 e. The van der Waals surface area contributed by atoms with Gasteiger partial charge in [-0.15, -0.1) is 0 Å². The van der Waals surface area contributed by atoms with E-state index in [0.29, 0.717) is 22.0 Å². The first-order chi connectivity index (χ1) is 12.0. The first-order valence-corrected chi connectivity index (χ1v) is 10.4. The molecule has 1 aromatic heterocycles. The van der Waals surface area contributed by atoms with E-state index in [-0.39, 0.29) is 6.61 Å². The first kappa shape index (κ1) is 20.1. The predicted molar refractivity (Wildman–Crippen MR) is 107 cm³/mol. The standard InChI is InChI=1S/C16H13BrClNO3S.C2H6/c1-9-11(4-3-5-12(9)17)16-19-14-7-10(8-21-23(2)20)6-13(18)15(14)22-16;1-2/h3-7H,8H2,1-2H3;1-2H3. The summed E-state index contributed by atoms with van der Waals surface area (Å²) in [5.74, 6) is 0.512. The van der Waals surface area contributed by atoms with Crippen LogP contribution in [0.5, 0.6) is 0 Å². The predicted octanol–water partition coefficient (Wildman–Crippen LogP) is 6.06. The lowest BCUT2D eigenvalue weighted by Crippen LogP contribution is -1.95. The summed E-state index contributed by atoms with van der Waals surface area (Å²) in [6, 6.07) is 9.41. The van der Waals surface area contributed by atoms with Gasteiger partial charge in [-0.2, -0.15) is 0 Å². The number of hydrogen-bond acceptors (Lipinski definition) is 4. The molecule has 25 heavy (non-hydrogen) atoms. The highest BCUT2D eigenvalue weighted by atomic mass is 79.9. The Morgan fingerprint density at radius 2 is 2.04 bits per heavy atom. The van der Waals surface area contributed by atoms with Gasteiger partial charge in [-0.3, -0.25) is 4.18 Å². The van der Waals surface area contributed by atoms with E-state index in [2.05, 4.69) is 20.9 Å². The second kappa shape index (κ2) is 8.94. The fourth-order valence-electron chi connectivity index (χ4n) is 2.24. The molecule has 7 heteroatoms. The van der Waals surface area contributed by atoms with Crippen LogP contribution >= 0.6 is 27.5 Å². The maximum Gasteiger partial charge on any atom is 0.227 e. The minimum absolute atomic E-state index is 0.205. The van der Waals surface area contributed by atoms with Crippen molar-refractivity contribution in [3.8, 4) is 11.5 Å². The fourth-order valence-corrected chi connectivity index (χ4v) is 3.18. The summed E-state index contributed by atoms with van der Waals surface area (Å²) in [5.41, 5.74) is 3.91. The van der Waals surface area contributed by atoms with E-state index in [4.69, 9.17) is 20.2 Å². The van der Waals surface area contributed by atoms with Crippen molar-refractivity contribution in [1.82, 2.24) is 4.98 Å². The average molecular weight is 445 g/mol. The lowest BCUT2D eigenvalue weighted by molar-refractivity contribution is 0.340. The Bertz CT molecular complexity index is 911. The van der Waals surface area contributed by atoms with E-state index in [9.17, 15) is 4.21 Å². The number of oxazole rings is 1. The first-order valence-electron chi connectivity index (χ1n) is 7.77. The molecule has 0 aliphatic heterocycles. The number of rotatable bonds is 4. The Labute approximate surface area is 163 Å². The zero-order valence-corrected chi connectivity index (χ0v) is 17.6. The molecular weight excluding hydrogens is 426 g/mol. The van der Waals surface area contributed by atoms with Crippen LogP contribution in [0.4, 0.5) is 0 Å². The molecule has 134 valence electrons. The van der Waals surface area contributed by atoms with Crippen LogP contribution in [0.15, 0.2) is 39.2 Å². The average Bonchev–Trinajstić information content (AvgIpc) is 3.02. The molecule has 0 N–H and O–H groups in total. The summed E-state index contributed by atoms with van der Waals surface area (Å²) in [7, 11) is 0. The van der Waals surface area contributed by atoms with Gasteiger partial charge in [0.05, 0.1) is 11.6 Å². The van der Waals surface area contributed by atoms with E-state index >= 15 is 0 Å². The van der Waals surface area contributed by atoms with Gasteiger partial charge in [0, 0.05) is 16.3 Å². The summed E-state index contributed by atoms with van der Waals surface area (Å²) in [4.78, 5) is 4.53. The molecule has 0 spiro atoms. The summed E-state index contributed by atoms with van der Waals surface area (Å²) >= 11 is 8.45. The zero-order valence-electron chi connectivity index (χ0n) is 14.4. The highest BCUT2D eigenvalue weighted by molar-refractivity contribution is 9.10. The Balaban J connectivity index is 0.00000109. The van der Waals surface area contributed by atoms with Gasteiger partial charge >= 0.3 is 0 Å². The van der Waals surface area contributed by atoms with Crippen LogP contribution < -0.4 is 0 Å². The molecule has 1 unspecified atom stereocenters. The van der Waals surface area contributed by atoms with Gasteiger partial charge in [-0.1, -0.05) is 47.4 Å². The van der Waals surface area contributed by atoms with Crippen molar-refractivity contribution in [2.75, 3.05) is 6.26 Å². The number of benzene rings is 2. The normalized spacial score (nSPS) is 11.9. The van der Waals surface area contributed by atoms with Crippen LogP contribution in [-0.4, -0.2) is 15.4 Å². The SMILES string of the molecule is CC.Cc1c(Br)cccc1-c1nc2cc(COS(C)=O)cc(Cl)c2o1. The zero-order chi connectivity index (χ0) is 18.6. The maximum absolute atomic E-state index is 11.0. The minimum atomic E-state index is -1.33. The summed E-state index contributed by atoms with van der Waals surface area (Å²) in [6.45, 7) is 6.20. The van der Waals surface area contributed by atoms with Crippen molar-refractivity contribution in [3.05, 3.63) is 51.0 Å². The van der Waals surface area contributed by atoms with E-state index in [0.717, 1.165) is 21.2 Å². The molecule has 0 aliphatic carbocycles. The molecule has 1 heterocycles. The van der Waals surface area contributed by atoms with Crippen molar-refractivity contribution < 1.29 is 12.8 Å². The second-order valence-corrected chi connectivity index (χ2v) is 7.32. The van der Waals surface area contributed by atoms with Gasteiger partial charge in [-0.05, 0) is 42.3 Å². The summed E-state index contributed by atoms with van der Waals surface area (Å²) in [5, 5.41) is 0.453. The van der Waals surface area contributed by atoms with E-state index in [1.54, 1.807) is 6.07 Å². The number of halogens is 2. The Morgan fingerprint density at radius 1 is 1.32 bits per heavy atom. The van der Waals surface area contributed by atoms with E-state index < -0.39 is 11.1 Å². The highest BCUT2D eigenvalue weighted by Crippen LogP contribution is 2.33. The van der Waals surface area contributed by atoms with Gasteiger partial charge in [0.15, 0.2) is 16.7 Å². The molecule has 0 saturated heterocycles. The van der Waals surface area contributed by atoms with Gasteiger partial charge in [0.25, 0.3) is 0 Å². The molecule has 3 rings (SSSR count). The third-order valence-electron chi connectivity index (χ3n) is 3.39. The van der Waals surface area contributed by atoms with Gasteiger partial charge in [-0.25, -0.2) is 9.19 Å². The van der Waals surface area contributed by atoms with E-state index in [1.165, 1.54) is 6.26 Å². The van der Waals surface area contributed by atoms with Crippen LogP contribution in [-0.2, 0) is 21.9 Å². The van der Waals surface area contributed by atoms with Crippen molar-refractivity contribution in [1.29, 1.82) is 0 Å². The summed E-state index contributed by atoms with van der Waals surface area (Å²) < 4.78 is 23.0. The van der Waals surface area contributed by atoms with Crippen LogP contribution in [0.25, 0.3) is 22.6 Å². The quantitative estimate of drug-likeness (QED) is 0.491. The number of aromatic nitrogens is 1. The monoisotopic (exact) mass is 443 g/mol. The lowest BCUT2D eigenvalue weighted by Gasteiger charge is -2.02. The lowest BCUT2D eigenvalue weighted by atomic mass is 10.1. The molecule has 0 radical (unpaired) electrons. The number of hydrogen-bond donors (Lipinski definition) is 0. The molecule has 0 saturated carbocycles. The third-order valence-corrected chi connectivity index (χ3v) is 4.98. The molecule has 0 amide bonds. The number of fused-ring (bicyclic) bond motifs is 1. The molecule has 3 aromatic rings. The third kappa shape index (κ3) is 4.70. The molecule has 0 fully saturated rings. The van der Waals surface area contributed by atoms with Crippen LogP contribution in [0.3, 0.4) is 0 Å². The Hall–Kier alpha value is -1.21. The molecule has 1 atom stereocenters.